The molecule has 1 saturated heterocycles. The maximum absolute atomic E-state index is 15.1. The van der Waals surface area contributed by atoms with Crippen molar-refractivity contribution < 1.29 is 84.0 Å². The van der Waals surface area contributed by atoms with Crippen molar-refractivity contribution in [3.8, 4) is 0 Å². The Kier molecular flexibility index (Phi) is 39.0. The van der Waals surface area contributed by atoms with E-state index in [9.17, 15) is 53.4 Å². The van der Waals surface area contributed by atoms with E-state index in [1.54, 1.807) is 60.6 Å². The molecule has 1 rings (SSSR count). The van der Waals surface area contributed by atoms with Gasteiger partial charge in [-0.05, 0) is 123 Å². The van der Waals surface area contributed by atoms with Crippen molar-refractivity contribution in [1.82, 2.24) is 60.5 Å². The first-order valence-electron chi connectivity index (χ1n) is 32.2. The molecule has 0 aromatic heterocycles. The summed E-state index contributed by atoms with van der Waals surface area (Å²) in [7, 11) is 13.6. The molecule has 1 aliphatic rings. The van der Waals surface area contributed by atoms with Gasteiger partial charge in [0, 0.05) is 48.7 Å². The molecule has 92 heavy (non-hydrogen) atoms. The maximum atomic E-state index is 15.1. The van der Waals surface area contributed by atoms with Gasteiger partial charge in [-0.1, -0.05) is 95.2 Å². The summed E-state index contributed by atoms with van der Waals surface area (Å²) in [6.45, 7) is 34.1. The van der Waals surface area contributed by atoms with Crippen molar-refractivity contribution in [2.45, 2.75) is 228 Å². The summed E-state index contributed by atoms with van der Waals surface area (Å²) in [5.74, 6) is -10.5. The molecule has 0 spiro atoms. The third-order valence-corrected chi connectivity index (χ3v) is 16.4. The van der Waals surface area contributed by atoms with Crippen molar-refractivity contribution >= 4 is 65.0 Å². The van der Waals surface area contributed by atoms with Gasteiger partial charge in [-0.15, -0.1) is 6.54 Å². The third-order valence-electron chi connectivity index (χ3n) is 16.4. The summed E-state index contributed by atoms with van der Waals surface area (Å²) in [5, 5.41) is 33.9. The zero-order valence-corrected chi connectivity index (χ0v) is 63.5. The number of amides is 11. The number of hydrogen-bond acceptors (Lipinski definition) is 14. The Morgan fingerprint density at radius 3 is 1.40 bits per heavy atom. The van der Waals surface area contributed by atoms with Gasteiger partial charge in [0.25, 0.3) is 0 Å². The van der Waals surface area contributed by atoms with Crippen molar-refractivity contribution in [3.05, 3.63) is 25.6 Å². The van der Waals surface area contributed by atoms with E-state index in [1.807, 2.05) is 60.5 Å². The molecular formula is C66H120N12O13W. The molecule has 1 aliphatic heterocycles. The van der Waals surface area contributed by atoms with Crippen molar-refractivity contribution in [2.75, 3.05) is 70.0 Å². The number of carbonyl (C=O) groups is 11. The Morgan fingerprint density at radius 1 is 0.554 bits per heavy atom. The average Bonchev–Trinajstić information content (AvgIpc) is 0.846. The second kappa shape index (κ2) is 40.6. The third kappa shape index (κ3) is 27.0. The van der Waals surface area contributed by atoms with Gasteiger partial charge < -0.3 is 82.4 Å². The first kappa shape index (κ1) is 88.4. The van der Waals surface area contributed by atoms with Crippen LogP contribution in [-0.2, 0) is 73.8 Å². The molecule has 528 valence electrons. The van der Waals surface area contributed by atoms with Crippen LogP contribution < -0.4 is 21.3 Å². The molecule has 1 heterocycles. The molecule has 0 unspecified atom stereocenters. The quantitative estimate of drug-likeness (QED) is 0.0957. The first-order valence-corrected chi connectivity index (χ1v) is 32.2. The Bertz CT molecular complexity index is 2450. The topological polar surface area (TPSA) is 302 Å². The number of likely N-dealkylation sites (N-methyl/N-ethyl adjacent to an activating group) is 7. The number of nitrogens with one attached hydrogen (secondary N) is 4. The number of rotatable bonds is 16. The van der Waals surface area contributed by atoms with Gasteiger partial charge in [0.2, 0.25) is 59.1 Å². The summed E-state index contributed by atoms with van der Waals surface area (Å²) in [5.41, 5.74) is -1.56. The fourth-order valence-electron chi connectivity index (χ4n) is 10.6. The molecule has 26 heteroatoms. The SMILES string of the molecule is CC=CC[C@@H](C)[C@@H](O)[C@H]1C(=O)N[C@@H](CC)C(=O)N(C)[CH-]C(=O)N(C)[C@@H](CC(C)(C)O)C(=O)N[C@@H](C(C)C)C(=O)N(C)[C@@H](CC(C)C)C(=O)N[C@@H](C)C(=O)N[C@H](C)C(=O)N(C)[C@@H](CC(C)C)C(=O)N(C)[C@@H](CC(C)C)C(=O)N(C)[C@@H](C(C)C)C(=O)N1C.[CH2-]CN(C)C.[W+2]. The standard InChI is InChI=1S/C62H110N11O13.C4H10N.W/c1-25-27-28-39(13)51(75)50-55(79)65-42(26-2)57(81)67(18)33-47(74)68(19)46(32-62(16,17)86)54(78)66-48(37(9)10)60(84)69(20)43(29-34(3)4)53(77)63-40(14)52(76)64-41(15)56(80)70(21)44(30-35(5)6)58(82)71(22)45(31-36(7)8)59(83)72(23)49(38(11)12)61(85)73(50)24;1-4-5(2)3;/h25,27,33-46,48-51,75,86H,26,28-32H2,1-24H3,(H,63,77)(H,64,76)(H,65,79)(H,66,78);1,4H2,2-3H3;/q2*-1;+2/t39-,40+,41-,42+,43+,44+,45+,46+,48+,49+,50+,51-;;/m1../s1. The zero-order valence-electron chi connectivity index (χ0n) is 60.6. The van der Waals surface area contributed by atoms with Gasteiger partial charge in [-0.2, -0.15) is 0 Å². The monoisotopic (exact) mass is 1470 g/mol. The number of aliphatic hydroxyl groups excluding tert-OH is 1. The zero-order chi connectivity index (χ0) is 71.2. The molecule has 11 amide bonds. The van der Waals surface area contributed by atoms with Crippen LogP contribution in [0.2, 0.25) is 0 Å². The fraction of sp³-hybridized carbons (Fsp3) is 0.773. The molecule has 0 aliphatic carbocycles. The Hall–Kier alpha value is -5.65. The van der Waals surface area contributed by atoms with Crippen LogP contribution in [0.25, 0.3) is 0 Å². The average molecular weight is 1470 g/mol. The number of hydrogen-bond donors (Lipinski definition) is 6. The molecule has 1 fully saturated rings. The van der Waals surface area contributed by atoms with Crippen LogP contribution in [0.15, 0.2) is 12.2 Å². The van der Waals surface area contributed by atoms with Crippen LogP contribution in [0.5, 0.6) is 0 Å². The minimum atomic E-state index is -1.65. The van der Waals surface area contributed by atoms with Crippen LogP contribution in [0.4, 0.5) is 0 Å². The smallest absolute Gasteiger partial charge is 0.469 e. The molecule has 6 N–H and O–H groups in total. The first-order chi connectivity index (χ1) is 41.8. The minimum Gasteiger partial charge on any atom is -0.469 e. The summed E-state index contributed by atoms with van der Waals surface area (Å²) in [6, 6.07) is -13.0. The summed E-state index contributed by atoms with van der Waals surface area (Å²) < 4.78 is 0. The molecule has 0 saturated carbocycles. The van der Waals surface area contributed by atoms with Gasteiger partial charge >= 0.3 is 21.1 Å². The molecule has 25 nitrogen and oxygen atoms in total. The Morgan fingerprint density at radius 2 is 0.978 bits per heavy atom. The maximum Gasteiger partial charge on any atom is 2.00 e. The summed E-state index contributed by atoms with van der Waals surface area (Å²) in [6.07, 6.45) is 2.33. The van der Waals surface area contributed by atoms with E-state index in [0.29, 0.717) is 0 Å². The molecule has 0 bridgehead atoms. The number of allylic oxidation sites excluding steroid dienone is 2. The molecule has 0 aromatic carbocycles. The van der Waals surface area contributed by atoms with E-state index in [0.717, 1.165) is 27.8 Å². The van der Waals surface area contributed by atoms with Crippen LogP contribution >= 0.6 is 0 Å². The Balaban J connectivity index is 0. The summed E-state index contributed by atoms with van der Waals surface area (Å²) >= 11 is 0. The van der Waals surface area contributed by atoms with Crippen molar-refractivity contribution in [1.29, 1.82) is 0 Å². The molecule has 0 aromatic rings. The minimum absolute atomic E-state index is 0. The van der Waals surface area contributed by atoms with E-state index in [2.05, 4.69) is 28.2 Å². The van der Waals surface area contributed by atoms with E-state index in [4.69, 9.17) is 0 Å². The molecular weight excluding hydrogens is 1350 g/mol. The van der Waals surface area contributed by atoms with Gasteiger partial charge in [-0.25, -0.2) is 6.54 Å². The number of nitrogens with zero attached hydrogens (tertiary/aromatic N) is 8. The van der Waals surface area contributed by atoms with Crippen LogP contribution in [0, 0.1) is 49.0 Å². The van der Waals surface area contributed by atoms with Gasteiger partial charge in [0.15, 0.2) is 0 Å². The van der Waals surface area contributed by atoms with Gasteiger partial charge in [0.1, 0.15) is 66.3 Å². The second-order valence-corrected chi connectivity index (χ2v) is 27.6. The summed E-state index contributed by atoms with van der Waals surface area (Å²) in [4.78, 5) is 170. The number of aliphatic hydroxyl groups is 2. The van der Waals surface area contributed by atoms with Crippen molar-refractivity contribution in [2.24, 2.45) is 35.5 Å². The van der Waals surface area contributed by atoms with E-state index >= 15 is 9.59 Å². The van der Waals surface area contributed by atoms with E-state index < -0.39 is 155 Å². The molecule has 12 atom stereocenters. The van der Waals surface area contributed by atoms with E-state index in [1.165, 1.54) is 96.6 Å². The largest absolute Gasteiger partial charge is 2.00 e. The van der Waals surface area contributed by atoms with Crippen LogP contribution in [-0.4, -0.2) is 256 Å². The normalized spacial score (nSPS) is 25.6. The fourth-order valence-corrected chi connectivity index (χ4v) is 10.6. The van der Waals surface area contributed by atoms with E-state index in [-0.39, 0.29) is 77.3 Å². The van der Waals surface area contributed by atoms with Gasteiger partial charge in [0.05, 0.1) is 11.7 Å². The predicted octanol–water partition coefficient (Wildman–Crippen LogP) is 2.93. The predicted molar refractivity (Wildman–Crippen MR) is 353 cm³/mol. The van der Waals surface area contributed by atoms with Crippen molar-refractivity contribution in [3.63, 3.8) is 0 Å². The number of carbonyl (C=O) groups excluding carboxylic acids is 11. The van der Waals surface area contributed by atoms with Crippen LogP contribution in [0.3, 0.4) is 0 Å². The van der Waals surface area contributed by atoms with Gasteiger partial charge in [-0.3, -0.25) is 47.9 Å². The van der Waals surface area contributed by atoms with Crippen LogP contribution in [0.1, 0.15) is 156 Å². The second-order valence-electron chi connectivity index (χ2n) is 27.6. The Labute approximate surface area is 566 Å². The molecule has 0 radical (unpaired) electrons.